The summed E-state index contributed by atoms with van der Waals surface area (Å²) in [7, 11) is 1.66. The molecule has 0 spiro atoms. The van der Waals surface area contributed by atoms with Gasteiger partial charge in [0.15, 0.2) is 5.76 Å². The Morgan fingerprint density at radius 1 is 0.968 bits per heavy atom. The Bertz CT molecular complexity index is 1010. The van der Waals surface area contributed by atoms with Crippen LogP contribution in [0.15, 0.2) is 71.3 Å². The number of ether oxygens (including phenoxy) is 1. The zero-order valence-electron chi connectivity index (χ0n) is 17.4. The molecular weight excluding hydrogens is 394 g/mol. The second-order valence-electron chi connectivity index (χ2n) is 7.43. The lowest BCUT2D eigenvalue weighted by Gasteiger charge is -2.34. The Balaban J connectivity index is 1.28. The first-order chi connectivity index (χ1) is 15.1. The lowest BCUT2D eigenvalue weighted by atomic mass is 10.1. The second kappa shape index (κ2) is 9.49. The van der Waals surface area contributed by atoms with E-state index in [0.29, 0.717) is 24.3 Å². The summed E-state index contributed by atoms with van der Waals surface area (Å²) in [6.07, 6.45) is 1.45. The molecule has 7 heteroatoms. The smallest absolute Gasteiger partial charge is 0.291 e. The minimum absolute atomic E-state index is 0.00742. The van der Waals surface area contributed by atoms with Gasteiger partial charge in [-0.2, -0.15) is 0 Å². The number of amides is 2. The van der Waals surface area contributed by atoms with E-state index in [9.17, 15) is 9.59 Å². The van der Waals surface area contributed by atoms with Gasteiger partial charge < -0.3 is 19.4 Å². The molecular formula is C24H25N3O4. The van der Waals surface area contributed by atoms with Crippen LogP contribution < -0.4 is 10.1 Å². The Hall–Kier alpha value is -3.58. The summed E-state index contributed by atoms with van der Waals surface area (Å²) in [6.45, 7) is 3.89. The fourth-order valence-corrected chi connectivity index (χ4v) is 3.58. The zero-order chi connectivity index (χ0) is 21.6. The number of anilines is 1. The molecule has 0 atom stereocenters. The predicted molar refractivity (Wildman–Crippen MR) is 117 cm³/mol. The Morgan fingerprint density at radius 3 is 2.29 bits per heavy atom. The summed E-state index contributed by atoms with van der Waals surface area (Å²) in [5.74, 6) is 0.781. The van der Waals surface area contributed by atoms with Gasteiger partial charge in [-0.25, -0.2) is 0 Å². The molecule has 0 bridgehead atoms. The molecule has 0 aliphatic carbocycles. The van der Waals surface area contributed by atoms with Gasteiger partial charge in [0.05, 0.1) is 13.4 Å². The number of nitrogens with one attached hydrogen (secondary N) is 1. The first-order valence-corrected chi connectivity index (χ1v) is 10.2. The lowest BCUT2D eigenvalue weighted by molar-refractivity contribution is 0.0628. The molecule has 31 heavy (non-hydrogen) atoms. The number of rotatable bonds is 6. The highest BCUT2D eigenvalue weighted by molar-refractivity contribution is 6.02. The number of hydrogen-bond donors (Lipinski definition) is 1. The van der Waals surface area contributed by atoms with Crippen molar-refractivity contribution < 1.29 is 18.7 Å². The summed E-state index contributed by atoms with van der Waals surface area (Å²) < 4.78 is 10.3. The number of furan rings is 1. The largest absolute Gasteiger partial charge is 0.497 e. The number of benzene rings is 2. The van der Waals surface area contributed by atoms with Crippen molar-refractivity contribution in [2.75, 3.05) is 38.6 Å². The van der Waals surface area contributed by atoms with Gasteiger partial charge in [-0.3, -0.25) is 14.5 Å². The third-order valence-corrected chi connectivity index (χ3v) is 5.36. The highest BCUT2D eigenvalue weighted by Gasteiger charge is 2.22. The molecule has 1 aromatic heterocycles. The van der Waals surface area contributed by atoms with Crippen LogP contribution in [-0.4, -0.2) is 54.9 Å². The van der Waals surface area contributed by atoms with E-state index < -0.39 is 0 Å². The highest BCUT2D eigenvalue weighted by atomic mass is 16.5. The SMILES string of the molecule is COc1ccc(CN2CCN(C(=O)c3ccc(NC(=O)c4ccco4)cc3)CC2)cc1. The topological polar surface area (TPSA) is 75.0 Å². The van der Waals surface area contributed by atoms with Crippen LogP contribution in [0.4, 0.5) is 5.69 Å². The van der Waals surface area contributed by atoms with Gasteiger partial charge in [-0.05, 0) is 54.1 Å². The Labute approximate surface area is 181 Å². The van der Waals surface area contributed by atoms with Gasteiger partial charge in [-0.1, -0.05) is 12.1 Å². The third-order valence-electron chi connectivity index (χ3n) is 5.36. The molecule has 1 N–H and O–H groups in total. The number of nitrogens with zero attached hydrogens (tertiary/aromatic N) is 2. The van der Waals surface area contributed by atoms with Crippen LogP contribution in [0, 0.1) is 0 Å². The van der Waals surface area contributed by atoms with Gasteiger partial charge >= 0.3 is 0 Å². The zero-order valence-corrected chi connectivity index (χ0v) is 17.4. The molecule has 4 rings (SSSR count). The van der Waals surface area contributed by atoms with Crippen LogP contribution in [0.5, 0.6) is 5.75 Å². The molecule has 2 heterocycles. The number of piperazine rings is 1. The van der Waals surface area contributed by atoms with Crippen molar-refractivity contribution in [1.29, 1.82) is 0 Å². The van der Waals surface area contributed by atoms with Crippen molar-refractivity contribution in [2.24, 2.45) is 0 Å². The van der Waals surface area contributed by atoms with Crippen LogP contribution in [0.1, 0.15) is 26.5 Å². The first-order valence-electron chi connectivity index (χ1n) is 10.2. The number of hydrogen-bond acceptors (Lipinski definition) is 5. The van der Waals surface area contributed by atoms with E-state index in [1.807, 2.05) is 17.0 Å². The van der Waals surface area contributed by atoms with E-state index in [2.05, 4.69) is 22.3 Å². The number of carbonyl (C=O) groups excluding carboxylic acids is 2. The fraction of sp³-hybridized carbons (Fsp3) is 0.250. The van der Waals surface area contributed by atoms with E-state index in [1.165, 1.54) is 11.8 Å². The standard InChI is InChI=1S/C24H25N3O4/c1-30-21-10-4-18(5-11-21)17-26-12-14-27(15-13-26)24(29)19-6-8-20(9-7-19)25-23(28)22-3-2-16-31-22/h2-11,16H,12-15,17H2,1H3,(H,25,28). The van der Waals surface area contributed by atoms with Crippen LogP contribution in [0.2, 0.25) is 0 Å². The molecule has 2 amide bonds. The average molecular weight is 419 g/mol. The molecule has 2 aromatic carbocycles. The van der Waals surface area contributed by atoms with E-state index in [-0.39, 0.29) is 17.6 Å². The maximum absolute atomic E-state index is 12.8. The van der Waals surface area contributed by atoms with Crippen molar-refractivity contribution in [2.45, 2.75) is 6.54 Å². The summed E-state index contributed by atoms with van der Waals surface area (Å²) >= 11 is 0. The molecule has 1 aliphatic rings. The van der Waals surface area contributed by atoms with E-state index in [4.69, 9.17) is 9.15 Å². The first kappa shape index (κ1) is 20.7. The molecule has 0 saturated carbocycles. The molecule has 0 radical (unpaired) electrons. The maximum Gasteiger partial charge on any atom is 0.291 e. The molecule has 1 saturated heterocycles. The van der Waals surface area contributed by atoms with Gasteiger partial charge in [0.1, 0.15) is 5.75 Å². The molecule has 7 nitrogen and oxygen atoms in total. The van der Waals surface area contributed by atoms with Crippen molar-refractivity contribution >= 4 is 17.5 Å². The average Bonchev–Trinajstić information content (AvgIpc) is 3.35. The van der Waals surface area contributed by atoms with Crippen molar-refractivity contribution in [3.63, 3.8) is 0 Å². The lowest BCUT2D eigenvalue weighted by Crippen LogP contribution is -2.48. The summed E-state index contributed by atoms with van der Waals surface area (Å²) in [4.78, 5) is 29.1. The van der Waals surface area contributed by atoms with E-state index in [1.54, 1.807) is 43.5 Å². The minimum atomic E-state index is -0.322. The van der Waals surface area contributed by atoms with Crippen LogP contribution in [0.25, 0.3) is 0 Å². The molecule has 0 unspecified atom stereocenters. The highest BCUT2D eigenvalue weighted by Crippen LogP contribution is 2.17. The van der Waals surface area contributed by atoms with E-state index in [0.717, 1.165) is 25.4 Å². The monoisotopic (exact) mass is 419 g/mol. The fourth-order valence-electron chi connectivity index (χ4n) is 3.58. The van der Waals surface area contributed by atoms with Crippen LogP contribution in [0.3, 0.4) is 0 Å². The minimum Gasteiger partial charge on any atom is -0.497 e. The van der Waals surface area contributed by atoms with Crippen LogP contribution in [-0.2, 0) is 6.54 Å². The molecule has 1 fully saturated rings. The van der Waals surface area contributed by atoms with Gasteiger partial charge in [0.2, 0.25) is 0 Å². The molecule has 1 aliphatic heterocycles. The maximum atomic E-state index is 12.8. The number of carbonyl (C=O) groups is 2. The normalized spacial score (nSPS) is 14.3. The van der Waals surface area contributed by atoms with Gasteiger partial charge in [0, 0.05) is 44.0 Å². The van der Waals surface area contributed by atoms with Crippen LogP contribution >= 0.6 is 0 Å². The van der Waals surface area contributed by atoms with Crippen molar-refractivity contribution in [3.05, 3.63) is 83.8 Å². The summed E-state index contributed by atoms with van der Waals surface area (Å²) in [6, 6.07) is 18.3. The molecule has 160 valence electrons. The third kappa shape index (κ3) is 5.13. The second-order valence-corrected chi connectivity index (χ2v) is 7.43. The molecule has 3 aromatic rings. The van der Waals surface area contributed by atoms with Gasteiger partial charge in [-0.15, -0.1) is 0 Å². The predicted octanol–water partition coefficient (Wildman–Crippen LogP) is 3.50. The summed E-state index contributed by atoms with van der Waals surface area (Å²) in [5.41, 5.74) is 2.45. The van der Waals surface area contributed by atoms with Gasteiger partial charge in [0.25, 0.3) is 11.8 Å². The van der Waals surface area contributed by atoms with E-state index >= 15 is 0 Å². The number of methoxy groups -OCH3 is 1. The van der Waals surface area contributed by atoms with Crippen molar-refractivity contribution in [1.82, 2.24) is 9.80 Å². The summed E-state index contributed by atoms with van der Waals surface area (Å²) in [5, 5.41) is 2.75. The quantitative estimate of drug-likeness (QED) is 0.662. The Morgan fingerprint density at radius 2 is 1.68 bits per heavy atom. The Kier molecular flexibility index (Phi) is 6.33. The van der Waals surface area contributed by atoms with Crippen molar-refractivity contribution in [3.8, 4) is 5.75 Å².